The Morgan fingerprint density at radius 1 is 0.328 bits per heavy atom. The molecule has 0 fully saturated rings. The van der Waals surface area contributed by atoms with Crippen LogP contribution in [0, 0.1) is 0 Å². The number of hydrogen-bond acceptors (Lipinski definition) is 8. The molecule has 61 heavy (non-hydrogen) atoms. The molecule has 8 heteroatoms. The number of para-hydroxylation sites is 5. The molecule has 4 aromatic heterocycles. The van der Waals surface area contributed by atoms with Gasteiger partial charge in [-0.1, -0.05) is 48.5 Å². The van der Waals surface area contributed by atoms with Crippen LogP contribution in [0.2, 0.25) is 0 Å². The summed E-state index contributed by atoms with van der Waals surface area (Å²) in [5.74, 6) is 1.19. The van der Waals surface area contributed by atoms with E-state index in [1.807, 2.05) is 79.1 Å². The van der Waals surface area contributed by atoms with Crippen molar-refractivity contribution in [1.29, 1.82) is 0 Å². The molecule has 0 bridgehead atoms. The number of benzene rings is 8. The molecule has 0 spiro atoms. The van der Waals surface area contributed by atoms with E-state index in [1.165, 1.54) is 0 Å². The fourth-order valence-electron chi connectivity index (χ4n) is 8.24. The van der Waals surface area contributed by atoms with Gasteiger partial charge in [-0.05, 0) is 144 Å². The lowest BCUT2D eigenvalue weighted by atomic mass is 10.0. The van der Waals surface area contributed by atoms with E-state index in [0.29, 0.717) is 11.8 Å². The summed E-state index contributed by atoms with van der Waals surface area (Å²) in [7, 11) is 0. The average molecular weight is 788 g/mol. The van der Waals surface area contributed by atoms with Gasteiger partial charge in [-0.15, -0.1) is 0 Å². The third-order valence-corrected chi connectivity index (χ3v) is 11.2. The standard InChI is InChI=1S/C53H33N5O3/c1-2-8-38(9-3-1)57(39-19-14-34(15-20-39)52-55-46-10-4-6-12-48(46)60-52)43-24-25-44-45-31-36-18-23-42(30-37(36)32-50(45)59-51(44)33-43)58(41-26-28-54-29-27-41)40-21-16-35(17-22-40)53-56-47-11-5-7-13-49(47)61-53/h1-33H. The zero-order valence-corrected chi connectivity index (χ0v) is 32.5. The van der Waals surface area contributed by atoms with E-state index in [1.54, 1.807) is 0 Å². The molecule has 12 aromatic rings. The van der Waals surface area contributed by atoms with Gasteiger partial charge in [0.15, 0.2) is 11.2 Å². The molecule has 0 aliphatic rings. The van der Waals surface area contributed by atoms with Crippen molar-refractivity contribution >= 4 is 89.0 Å². The Kier molecular flexibility index (Phi) is 7.99. The van der Waals surface area contributed by atoms with Gasteiger partial charge in [0.1, 0.15) is 22.2 Å². The number of pyridine rings is 1. The maximum atomic E-state index is 6.69. The van der Waals surface area contributed by atoms with E-state index in [0.717, 1.165) is 100 Å². The van der Waals surface area contributed by atoms with Crippen molar-refractivity contribution in [3.63, 3.8) is 0 Å². The molecule has 8 aromatic carbocycles. The number of nitrogens with zero attached hydrogens (tertiary/aromatic N) is 5. The Bertz CT molecular complexity index is 3310. The number of fused-ring (bicyclic) bond motifs is 6. The van der Waals surface area contributed by atoms with Crippen LogP contribution in [0.5, 0.6) is 0 Å². The van der Waals surface area contributed by atoms with E-state index < -0.39 is 0 Å². The van der Waals surface area contributed by atoms with Crippen LogP contribution in [-0.4, -0.2) is 15.0 Å². The maximum absolute atomic E-state index is 6.69. The van der Waals surface area contributed by atoms with Crippen LogP contribution in [0.1, 0.15) is 0 Å². The first-order valence-corrected chi connectivity index (χ1v) is 20.1. The summed E-state index contributed by atoms with van der Waals surface area (Å²) in [6.45, 7) is 0. The molecule has 288 valence electrons. The van der Waals surface area contributed by atoms with Gasteiger partial charge in [-0.25, -0.2) is 9.97 Å². The molecule has 8 nitrogen and oxygen atoms in total. The molecule has 0 saturated heterocycles. The Morgan fingerprint density at radius 2 is 0.836 bits per heavy atom. The predicted molar refractivity (Wildman–Crippen MR) is 244 cm³/mol. The normalized spacial score (nSPS) is 11.6. The monoisotopic (exact) mass is 787 g/mol. The van der Waals surface area contributed by atoms with Crippen LogP contribution in [0.15, 0.2) is 214 Å². The SMILES string of the molecule is c1ccc(N(c2ccc(-c3nc4ccccc4o3)cc2)c2ccc3c(c2)oc2cc4cc(N(c5ccncc5)c5ccc(-c6nc7ccccc7o6)cc5)ccc4cc23)cc1. The van der Waals surface area contributed by atoms with Crippen LogP contribution in [0.25, 0.3) is 77.8 Å². The highest BCUT2D eigenvalue weighted by molar-refractivity contribution is 6.11. The van der Waals surface area contributed by atoms with Crippen molar-refractivity contribution in [2.45, 2.75) is 0 Å². The number of rotatable bonds is 8. The lowest BCUT2D eigenvalue weighted by Crippen LogP contribution is -2.09. The van der Waals surface area contributed by atoms with Crippen LogP contribution in [-0.2, 0) is 0 Å². The van der Waals surface area contributed by atoms with Crippen LogP contribution >= 0.6 is 0 Å². The van der Waals surface area contributed by atoms with E-state index in [2.05, 4.69) is 136 Å². The van der Waals surface area contributed by atoms with Crippen molar-refractivity contribution < 1.29 is 13.3 Å². The van der Waals surface area contributed by atoms with Gasteiger partial charge >= 0.3 is 0 Å². The lowest BCUT2D eigenvalue weighted by molar-refractivity contribution is 0.619. The van der Waals surface area contributed by atoms with E-state index in [-0.39, 0.29) is 0 Å². The Labute approximate surface area is 349 Å². The Morgan fingerprint density at radius 3 is 1.46 bits per heavy atom. The van der Waals surface area contributed by atoms with E-state index in [9.17, 15) is 0 Å². The average Bonchev–Trinajstić information content (AvgIpc) is 4.05. The summed E-state index contributed by atoms with van der Waals surface area (Å²) in [4.78, 5) is 18.2. The summed E-state index contributed by atoms with van der Waals surface area (Å²) in [6, 6.07) is 64.0. The van der Waals surface area contributed by atoms with Gasteiger partial charge in [-0.2, -0.15) is 0 Å². The molecule has 4 heterocycles. The second-order valence-corrected chi connectivity index (χ2v) is 14.9. The molecule has 0 radical (unpaired) electrons. The smallest absolute Gasteiger partial charge is 0.227 e. The molecule has 0 saturated carbocycles. The molecule has 0 unspecified atom stereocenters. The highest BCUT2D eigenvalue weighted by Crippen LogP contribution is 2.42. The fourth-order valence-corrected chi connectivity index (χ4v) is 8.24. The largest absolute Gasteiger partial charge is 0.456 e. The molecular formula is C53H33N5O3. The molecule has 0 aliphatic carbocycles. The summed E-state index contributed by atoms with van der Waals surface area (Å²) >= 11 is 0. The first-order valence-electron chi connectivity index (χ1n) is 20.1. The molecular weight excluding hydrogens is 755 g/mol. The number of aromatic nitrogens is 3. The van der Waals surface area contributed by atoms with Gasteiger partial charge < -0.3 is 23.1 Å². The first-order chi connectivity index (χ1) is 30.2. The van der Waals surface area contributed by atoms with Gasteiger partial charge in [-0.3, -0.25) is 4.98 Å². The first kappa shape index (κ1) is 34.5. The van der Waals surface area contributed by atoms with Crippen molar-refractivity contribution in [2.24, 2.45) is 0 Å². The molecule has 0 amide bonds. The van der Waals surface area contributed by atoms with Crippen LogP contribution in [0.4, 0.5) is 34.1 Å². The quantitative estimate of drug-likeness (QED) is 0.150. The highest BCUT2D eigenvalue weighted by atomic mass is 16.4. The molecule has 0 aliphatic heterocycles. The minimum atomic E-state index is 0.593. The summed E-state index contributed by atoms with van der Waals surface area (Å²) in [6.07, 6.45) is 3.63. The van der Waals surface area contributed by atoms with Gasteiger partial charge in [0.25, 0.3) is 0 Å². The molecule has 0 atom stereocenters. The summed E-state index contributed by atoms with van der Waals surface area (Å²) in [5.41, 5.74) is 12.7. The van der Waals surface area contributed by atoms with Crippen molar-refractivity contribution in [1.82, 2.24) is 15.0 Å². The van der Waals surface area contributed by atoms with Crippen molar-refractivity contribution in [3.8, 4) is 22.9 Å². The zero-order chi connectivity index (χ0) is 40.3. The van der Waals surface area contributed by atoms with E-state index in [4.69, 9.17) is 23.2 Å². The maximum Gasteiger partial charge on any atom is 0.227 e. The van der Waals surface area contributed by atoms with Gasteiger partial charge in [0, 0.05) is 74.5 Å². The topological polar surface area (TPSA) is 84.6 Å². The van der Waals surface area contributed by atoms with Crippen LogP contribution in [0.3, 0.4) is 0 Å². The van der Waals surface area contributed by atoms with Gasteiger partial charge in [0.2, 0.25) is 11.8 Å². The number of oxazole rings is 2. The zero-order valence-electron chi connectivity index (χ0n) is 32.5. The highest BCUT2D eigenvalue weighted by Gasteiger charge is 2.19. The second kappa shape index (κ2) is 14.1. The van der Waals surface area contributed by atoms with Crippen molar-refractivity contribution in [2.75, 3.05) is 9.80 Å². The minimum Gasteiger partial charge on any atom is -0.456 e. The number of hydrogen-bond donors (Lipinski definition) is 0. The predicted octanol–water partition coefficient (Wildman–Crippen LogP) is 14.7. The lowest BCUT2D eigenvalue weighted by Gasteiger charge is -2.25. The van der Waals surface area contributed by atoms with Gasteiger partial charge in [0.05, 0.1) is 0 Å². The Hall–Kier alpha value is -8.49. The summed E-state index contributed by atoms with van der Waals surface area (Å²) in [5, 5.41) is 4.31. The van der Waals surface area contributed by atoms with Crippen molar-refractivity contribution in [3.05, 3.63) is 200 Å². The third-order valence-electron chi connectivity index (χ3n) is 11.2. The second-order valence-electron chi connectivity index (χ2n) is 14.9. The minimum absolute atomic E-state index is 0.593. The third kappa shape index (κ3) is 6.13. The van der Waals surface area contributed by atoms with E-state index >= 15 is 0 Å². The summed E-state index contributed by atoms with van der Waals surface area (Å²) < 4.78 is 18.8. The molecule has 0 N–H and O–H groups in total. The van der Waals surface area contributed by atoms with Crippen LogP contribution < -0.4 is 9.80 Å². The molecule has 12 rings (SSSR count). The number of anilines is 6. The fraction of sp³-hybridized carbons (Fsp3) is 0. The Balaban J connectivity index is 0.903. The number of furan rings is 1.